The summed E-state index contributed by atoms with van der Waals surface area (Å²) in [6, 6.07) is 5.62. The van der Waals surface area contributed by atoms with E-state index in [1.807, 2.05) is 18.2 Å². The molecule has 0 saturated carbocycles. The molecule has 0 aromatic carbocycles. The lowest BCUT2D eigenvalue weighted by Gasteiger charge is -2.09. The van der Waals surface area contributed by atoms with Crippen molar-refractivity contribution in [3.8, 4) is 0 Å². The van der Waals surface area contributed by atoms with Crippen molar-refractivity contribution in [3.05, 3.63) is 35.4 Å². The number of aliphatic carboxylic acids is 1. The lowest BCUT2D eigenvalue weighted by atomic mass is 10.1. The van der Waals surface area contributed by atoms with Crippen molar-refractivity contribution in [1.82, 2.24) is 9.38 Å². The highest BCUT2D eigenvalue weighted by Gasteiger charge is 2.14. The Morgan fingerprint density at radius 3 is 3.06 bits per heavy atom. The summed E-state index contributed by atoms with van der Waals surface area (Å²) in [5.74, 6) is -1.25. The number of nitrogens with zero attached hydrogens (tertiary/aromatic N) is 2. The van der Waals surface area contributed by atoms with Crippen molar-refractivity contribution in [2.24, 2.45) is 5.92 Å². The van der Waals surface area contributed by atoms with E-state index in [-0.39, 0.29) is 0 Å². The van der Waals surface area contributed by atoms with Crippen LogP contribution in [-0.2, 0) is 11.2 Å². The van der Waals surface area contributed by atoms with Crippen LogP contribution in [0.25, 0.3) is 5.52 Å². The SMILES string of the molecule is CC(Cc1cccc2cnc(Cl)n12)C(=O)O. The van der Waals surface area contributed by atoms with Crippen LogP contribution < -0.4 is 0 Å². The quantitative estimate of drug-likeness (QED) is 0.892. The van der Waals surface area contributed by atoms with E-state index < -0.39 is 11.9 Å². The van der Waals surface area contributed by atoms with Gasteiger partial charge >= 0.3 is 5.97 Å². The first-order valence-electron chi connectivity index (χ1n) is 4.93. The monoisotopic (exact) mass is 238 g/mol. The Balaban J connectivity index is 2.44. The molecule has 0 bridgehead atoms. The van der Waals surface area contributed by atoms with Gasteiger partial charge in [-0.25, -0.2) is 4.98 Å². The summed E-state index contributed by atoms with van der Waals surface area (Å²) in [5, 5.41) is 9.24. The largest absolute Gasteiger partial charge is 0.481 e. The molecule has 0 aliphatic rings. The normalized spacial score (nSPS) is 12.9. The molecule has 0 radical (unpaired) electrons. The summed E-state index contributed by atoms with van der Waals surface area (Å²) in [7, 11) is 0. The molecule has 84 valence electrons. The summed E-state index contributed by atoms with van der Waals surface area (Å²) in [6.45, 7) is 1.67. The van der Waals surface area contributed by atoms with E-state index in [1.165, 1.54) is 0 Å². The number of carbonyl (C=O) groups is 1. The van der Waals surface area contributed by atoms with E-state index in [2.05, 4.69) is 4.98 Å². The minimum absolute atomic E-state index is 0.364. The van der Waals surface area contributed by atoms with E-state index in [9.17, 15) is 4.79 Å². The van der Waals surface area contributed by atoms with Gasteiger partial charge in [-0.3, -0.25) is 9.20 Å². The van der Waals surface area contributed by atoms with Crippen molar-refractivity contribution in [3.63, 3.8) is 0 Å². The Morgan fingerprint density at radius 1 is 1.62 bits per heavy atom. The predicted molar refractivity (Wildman–Crippen MR) is 60.7 cm³/mol. The van der Waals surface area contributed by atoms with Crippen LogP contribution in [0, 0.1) is 5.92 Å². The van der Waals surface area contributed by atoms with Crippen LogP contribution in [0.1, 0.15) is 12.6 Å². The van der Waals surface area contributed by atoms with Crippen LogP contribution in [0.3, 0.4) is 0 Å². The van der Waals surface area contributed by atoms with E-state index in [0.29, 0.717) is 11.7 Å². The Bertz CT molecular complexity index is 536. The van der Waals surface area contributed by atoms with Crippen molar-refractivity contribution in [1.29, 1.82) is 0 Å². The van der Waals surface area contributed by atoms with Gasteiger partial charge in [-0.15, -0.1) is 0 Å². The maximum absolute atomic E-state index is 10.8. The zero-order valence-electron chi connectivity index (χ0n) is 8.72. The van der Waals surface area contributed by atoms with Gasteiger partial charge in [0.1, 0.15) is 0 Å². The molecule has 16 heavy (non-hydrogen) atoms. The number of hydrogen-bond donors (Lipinski definition) is 1. The van der Waals surface area contributed by atoms with Crippen LogP contribution in [0.5, 0.6) is 0 Å². The topological polar surface area (TPSA) is 54.6 Å². The van der Waals surface area contributed by atoms with Gasteiger partial charge in [0, 0.05) is 12.1 Å². The van der Waals surface area contributed by atoms with Crippen LogP contribution in [-0.4, -0.2) is 20.5 Å². The summed E-state index contributed by atoms with van der Waals surface area (Å²) < 4.78 is 1.76. The molecule has 1 atom stereocenters. The molecule has 4 nitrogen and oxygen atoms in total. The van der Waals surface area contributed by atoms with Gasteiger partial charge in [0.05, 0.1) is 17.6 Å². The number of carboxylic acids is 1. The van der Waals surface area contributed by atoms with E-state index in [1.54, 1.807) is 17.5 Å². The molecular weight excluding hydrogens is 228 g/mol. The highest BCUT2D eigenvalue weighted by Crippen LogP contribution is 2.17. The third-order valence-electron chi connectivity index (χ3n) is 2.53. The highest BCUT2D eigenvalue weighted by atomic mass is 35.5. The molecule has 2 rings (SSSR count). The smallest absolute Gasteiger partial charge is 0.306 e. The fourth-order valence-corrected chi connectivity index (χ4v) is 1.89. The van der Waals surface area contributed by atoms with Gasteiger partial charge in [-0.05, 0) is 23.7 Å². The Hall–Kier alpha value is -1.55. The van der Waals surface area contributed by atoms with Gasteiger partial charge in [-0.2, -0.15) is 0 Å². The second-order valence-corrected chi connectivity index (χ2v) is 4.09. The van der Waals surface area contributed by atoms with Gasteiger partial charge in [0.25, 0.3) is 0 Å². The number of pyridine rings is 1. The second kappa shape index (κ2) is 4.14. The van der Waals surface area contributed by atoms with E-state index in [0.717, 1.165) is 11.2 Å². The summed E-state index contributed by atoms with van der Waals surface area (Å²) in [6.07, 6.45) is 2.10. The molecule has 1 unspecified atom stereocenters. The molecule has 0 saturated heterocycles. The molecule has 0 spiro atoms. The molecule has 5 heteroatoms. The average Bonchev–Trinajstić information content (AvgIpc) is 2.61. The fraction of sp³-hybridized carbons (Fsp3) is 0.273. The molecule has 1 N–H and O–H groups in total. The van der Waals surface area contributed by atoms with Crippen molar-refractivity contribution in [2.75, 3.05) is 0 Å². The first-order chi connectivity index (χ1) is 7.59. The molecule has 0 aliphatic carbocycles. The lowest BCUT2D eigenvalue weighted by Crippen LogP contribution is -2.14. The number of fused-ring (bicyclic) bond motifs is 1. The van der Waals surface area contributed by atoms with Gasteiger partial charge in [-0.1, -0.05) is 13.0 Å². The molecular formula is C11H11ClN2O2. The Morgan fingerprint density at radius 2 is 2.38 bits per heavy atom. The third kappa shape index (κ3) is 1.88. The molecule has 2 heterocycles. The van der Waals surface area contributed by atoms with Crippen LogP contribution in [0.15, 0.2) is 24.4 Å². The first-order valence-corrected chi connectivity index (χ1v) is 5.31. The maximum atomic E-state index is 10.8. The lowest BCUT2D eigenvalue weighted by molar-refractivity contribution is -0.141. The predicted octanol–water partition coefficient (Wildman–Crippen LogP) is 2.25. The summed E-state index contributed by atoms with van der Waals surface area (Å²) >= 11 is 5.95. The van der Waals surface area contributed by atoms with E-state index in [4.69, 9.17) is 16.7 Å². The average molecular weight is 239 g/mol. The number of rotatable bonds is 3. The van der Waals surface area contributed by atoms with Crippen LogP contribution >= 0.6 is 11.6 Å². The van der Waals surface area contributed by atoms with E-state index >= 15 is 0 Å². The van der Waals surface area contributed by atoms with Gasteiger partial charge < -0.3 is 5.11 Å². The van der Waals surface area contributed by atoms with Gasteiger partial charge in [0.2, 0.25) is 5.28 Å². The summed E-state index contributed by atoms with van der Waals surface area (Å²) in [4.78, 5) is 14.8. The fourth-order valence-electron chi connectivity index (χ4n) is 1.64. The number of imidazole rings is 1. The summed E-state index contributed by atoms with van der Waals surface area (Å²) in [5.41, 5.74) is 1.73. The minimum Gasteiger partial charge on any atom is -0.481 e. The second-order valence-electron chi connectivity index (χ2n) is 3.75. The van der Waals surface area contributed by atoms with Crippen molar-refractivity contribution in [2.45, 2.75) is 13.3 Å². The van der Waals surface area contributed by atoms with Gasteiger partial charge in [0.15, 0.2) is 0 Å². The first kappa shape index (κ1) is 11.0. The zero-order valence-corrected chi connectivity index (χ0v) is 9.48. The number of hydrogen-bond acceptors (Lipinski definition) is 2. The highest BCUT2D eigenvalue weighted by molar-refractivity contribution is 6.28. The van der Waals surface area contributed by atoms with Crippen molar-refractivity contribution >= 4 is 23.1 Å². The number of halogens is 1. The molecule has 0 fully saturated rings. The number of aromatic nitrogens is 2. The van der Waals surface area contributed by atoms with Crippen LogP contribution in [0.4, 0.5) is 0 Å². The molecule has 0 amide bonds. The molecule has 0 aliphatic heterocycles. The number of carboxylic acid groups (broad SMARTS) is 1. The Kier molecular flexibility index (Phi) is 2.83. The third-order valence-corrected chi connectivity index (χ3v) is 2.79. The van der Waals surface area contributed by atoms with Crippen molar-refractivity contribution < 1.29 is 9.90 Å². The minimum atomic E-state index is -0.812. The van der Waals surface area contributed by atoms with Crippen LogP contribution in [0.2, 0.25) is 5.28 Å². The maximum Gasteiger partial charge on any atom is 0.306 e. The molecule has 2 aromatic rings. The molecule has 2 aromatic heterocycles. The zero-order chi connectivity index (χ0) is 11.7. The Labute approximate surface area is 97.5 Å². The standard InChI is InChI=1S/C11H11ClN2O2/c1-7(10(15)16)5-8-3-2-4-9-6-13-11(12)14(8)9/h2-4,6-7H,5H2,1H3,(H,15,16).